The summed E-state index contributed by atoms with van der Waals surface area (Å²) >= 11 is 2.75. The van der Waals surface area contributed by atoms with Crippen molar-refractivity contribution in [1.82, 2.24) is 14.4 Å². The molecule has 1 aliphatic rings. The first kappa shape index (κ1) is 16.9. The number of hydrogen-bond donors (Lipinski definition) is 2. The summed E-state index contributed by atoms with van der Waals surface area (Å²) < 4.78 is 7.14. The van der Waals surface area contributed by atoms with Crippen molar-refractivity contribution < 1.29 is 14.3 Å². The highest BCUT2D eigenvalue weighted by molar-refractivity contribution is 7.15. The van der Waals surface area contributed by atoms with Crippen LogP contribution in [0.4, 0.5) is 10.8 Å². The summed E-state index contributed by atoms with van der Waals surface area (Å²) in [6.07, 6.45) is 1.83. The third kappa shape index (κ3) is 2.92. The van der Waals surface area contributed by atoms with Crippen LogP contribution in [0.25, 0.3) is 16.2 Å². The summed E-state index contributed by atoms with van der Waals surface area (Å²) in [7, 11) is 0. The number of fused-ring (bicyclic) bond motifs is 2. The monoisotopic (exact) mass is 411 g/mol. The zero-order chi connectivity index (χ0) is 19.3. The molecule has 0 saturated carbocycles. The maximum atomic E-state index is 12.6. The Morgan fingerprint density at radius 1 is 1.29 bits per heavy atom. The average molecular weight is 411 g/mol. The van der Waals surface area contributed by atoms with E-state index in [9.17, 15) is 9.59 Å². The molecule has 140 valence electrons. The van der Waals surface area contributed by atoms with Crippen LogP contribution < -0.4 is 15.4 Å². The van der Waals surface area contributed by atoms with Gasteiger partial charge in [-0.2, -0.15) is 0 Å². The summed E-state index contributed by atoms with van der Waals surface area (Å²) in [4.78, 5) is 33.8. The van der Waals surface area contributed by atoms with Crippen LogP contribution in [0.2, 0.25) is 0 Å². The SMILES string of the molecule is Cc1cn2c(C(=O)Nc3nc(-c4ccc5c(c4)NC(=O)CO5)cs3)csc2n1. The Bertz CT molecular complexity index is 1240. The van der Waals surface area contributed by atoms with Gasteiger partial charge in [0.05, 0.1) is 17.1 Å². The molecule has 3 aromatic heterocycles. The van der Waals surface area contributed by atoms with E-state index < -0.39 is 0 Å². The number of amides is 2. The Morgan fingerprint density at radius 2 is 2.18 bits per heavy atom. The van der Waals surface area contributed by atoms with Gasteiger partial charge in [0, 0.05) is 22.5 Å². The lowest BCUT2D eigenvalue weighted by Gasteiger charge is -2.18. The fraction of sp³-hybridized carbons (Fsp3) is 0.111. The molecule has 5 rings (SSSR count). The molecule has 28 heavy (non-hydrogen) atoms. The Labute approximate surface area is 166 Å². The number of carbonyl (C=O) groups excluding carboxylic acids is 2. The second-order valence-electron chi connectivity index (χ2n) is 6.20. The lowest BCUT2D eigenvalue weighted by molar-refractivity contribution is -0.118. The molecule has 0 radical (unpaired) electrons. The number of rotatable bonds is 3. The second kappa shape index (κ2) is 6.43. The predicted molar refractivity (Wildman–Crippen MR) is 107 cm³/mol. The fourth-order valence-corrected chi connectivity index (χ4v) is 4.54. The van der Waals surface area contributed by atoms with Gasteiger partial charge < -0.3 is 10.1 Å². The second-order valence-corrected chi connectivity index (χ2v) is 7.89. The van der Waals surface area contributed by atoms with Gasteiger partial charge in [0.15, 0.2) is 16.7 Å². The van der Waals surface area contributed by atoms with E-state index in [4.69, 9.17) is 4.74 Å². The van der Waals surface area contributed by atoms with Gasteiger partial charge in [-0.15, -0.1) is 22.7 Å². The van der Waals surface area contributed by atoms with Crippen LogP contribution in [-0.4, -0.2) is 32.8 Å². The summed E-state index contributed by atoms with van der Waals surface area (Å²) in [6.45, 7) is 1.91. The maximum Gasteiger partial charge on any atom is 0.275 e. The highest BCUT2D eigenvalue weighted by atomic mass is 32.1. The van der Waals surface area contributed by atoms with E-state index in [0.717, 1.165) is 16.2 Å². The number of thiazole rings is 2. The van der Waals surface area contributed by atoms with Gasteiger partial charge in [-0.1, -0.05) is 0 Å². The standard InChI is InChI=1S/C18H13N5O3S2/c1-9-5-23-13(8-28-18(23)19-9)16(25)22-17-21-12(7-27-17)10-2-3-14-11(4-10)20-15(24)6-26-14/h2-5,7-8H,6H2,1H3,(H,20,24)(H,21,22,25). The highest BCUT2D eigenvalue weighted by Gasteiger charge is 2.18. The Hall–Kier alpha value is -3.24. The van der Waals surface area contributed by atoms with E-state index in [0.29, 0.717) is 28.0 Å². The van der Waals surface area contributed by atoms with Crippen molar-refractivity contribution >= 4 is 50.3 Å². The molecule has 0 aliphatic carbocycles. The number of carbonyl (C=O) groups is 2. The minimum Gasteiger partial charge on any atom is -0.482 e. The number of nitrogens with one attached hydrogen (secondary N) is 2. The number of hydrogen-bond acceptors (Lipinski definition) is 7. The van der Waals surface area contributed by atoms with E-state index >= 15 is 0 Å². The van der Waals surface area contributed by atoms with E-state index in [1.807, 2.05) is 30.6 Å². The van der Waals surface area contributed by atoms with E-state index in [2.05, 4.69) is 20.6 Å². The normalized spacial score (nSPS) is 13.1. The highest BCUT2D eigenvalue weighted by Crippen LogP contribution is 2.34. The first-order valence-electron chi connectivity index (χ1n) is 8.34. The van der Waals surface area contributed by atoms with Crippen molar-refractivity contribution in [3.8, 4) is 17.0 Å². The van der Waals surface area contributed by atoms with Crippen molar-refractivity contribution in [2.45, 2.75) is 6.92 Å². The third-order valence-electron chi connectivity index (χ3n) is 4.19. The Balaban J connectivity index is 1.38. The zero-order valence-corrected chi connectivity index (χ0v) is 16.2. The summed E-state index contributed by atoms with van der Waals surface area (Å²) in [5.41, 5.74) is 3.52. The molecule has 2 amide bonds. The number of aromatic nitrogens is 3. The molecule has 4 heterocycles. The van der Waals surface area contributed by atoms with Gasteiger partial charge in [0.2, 0.25) is 0 Å². The van der Waals surface area contributed by atoms with Crippen molar-refractivity contribution in [3.63, 3.8) is 0 Å². The van der Waals surface area contributed by atoms with Crippen LogP contribution in [0.5, 0.6) is 5.75 Å². The van der Waals surface area contributed by atoms with Gasteiger partial charge in [-0.25, -0.2) is 9.97 Å². The smallest absolute Gasteiger partial charge is 0.275 e. The molecular formula is C18H13N5O3S2. The molecule has 0 bridgehead atoms. The molecule has 10 heteroatoms. The lowest BCUT2D eigenvalue weighted by Crippen LogP contribution is -2.25. The molecule has 0 atom stereocenters. The first-order chi connectivity index (χ1) is 13.6. The summed E-state index contributed by atoms with van der Waals surface area (Å²) in [5, 5.41) is 9.74. The molecule has 0 saturated heterocycles. The molecule has 1 aromatic carbocycles. The van der Waals surface area contributed by atoms with E-state index in [1.54, 1.807) is 15.8 Å². The van der Waals surface area contributed by atoms with Gasteiger partial charge >= 0.3 is 0 Å². The van der Waals surface area contributed by atoms with Gasteiger partial charge in [-0.3, -0.25) is 19.3 Å². The Morgan fingerprint density at radius 3 is 3.07 bits per heavy atom. The Kier molecular flexibility index (Phi) is 3.88. The van der Waals surface area contributed by atoms with Crippen LogP contribution in [0.1, 0.15) is 16.2 Å². The minimum absolute atomic E-state index is 0.0194. The fourth-order valence-electron chi connectivity index (χ4n) is 2.93. The van der Waals surface area contributed by atoms with E-state index in [-0.39, 0.29) is 18.4 Å². The van der Waals surface area contributed by atoms with Gasteiger partial charge in [0.1, 0.15) is 11.4 Å². The number of aryl methyl sites for hydroxylation is 1. The van der Waals surface area contributed by atoms with Crippen LogP contribution in [0, 0.1) is 6.92 Å². The van der Waals surface area contributed by atoms with Crippen molar-refractivity contribution in [1.29, 1.82) is 0 Å². The number of ether oxygens (including phenoxy) is 1. The van der Waals surface area contributed by atoms with Crippen LogP contribution in [-0.2, 0) is 4.79 Å². The molecule has 4 aromatic rings. The van der Waals surface area contributed by atoms with Crippen molar-refractivity contribution in [3.05, 3.63) is 46.5 Å². The number of benzene rings is 1. The third-order valence-corrected chi connectivity index (χ3v) is 5.79. The van der Waals surface area contributed by atoms with Crippen LogP contribution in [0.15, 0.2) is 35.2 Å². The largest absolute Gasteiger partial charge is 0.482 e. The molecular weight excluding hydrogens is 398 g/mol. The zero-order valence-electron chi connectivity index (χ0n) is 14.6. The average Bonchev–Trinajstić information content (AvgIpc) is 3.36. The number of anilines is 2. The molecule has 0 spiro atoms. The molecule has 0 fully saturated rings. The predicted octanol–water partition coefficient (Wildman–Crippen LogP) is 3.41. The molecule has 1 aliphatic heterocycles. The van der Waals surface area contributed by atoms with Crippen LogP contribution in [0.3, 0.4) is 0 Å². The number of nitrogens with zero attached hydrogens (tertiary/aromatic N) is 3. The quantitative estimate of drug-likeness (QED) is 0.538. The molecule has 2 N–H and O–H groups in total. The first-order valence-corrected chi connectivity index (χ1v) is 10.1. The molecule has 8 nitrogen and oxygen atoms in total. The lowest BCUT2D eigenvalue weighted by atomic mass is 10.1. The minimum atomic E-state index is -0.240. The van der Waals surface area contributed by atoms with Crippen molar-refractivity contribution in [2.24, 2.45) is 0 Å². The van der Waals surface area contributed by atoms with Crippen LogP contribution >= 0.6 is 22.7 Å². The molecule has 0 unspecified atom stereocenters. The number of imidazole rings is 1. The van der Waals surface area contributed by atoms with Crippen molar-refractivity contribution in [2.75, 3.05) is 17.2 Å². The topological polar surface area (TPSA) is 97.6 Å². The van der Waals surface area contributed by atoms with E-state index in [1.165, 1.54) is 22.7 Å². The maximum absolute atomic E-state index is 12.6. The summed E-state index contributed by atoms with van der Waals surface area (Å²) in [6, 6.07) is 5.47. The summed E-state index contributed by atoms with van der Waals surface area (Å²) in [5.74, 6) is 0.201. The van der Waals surface area contributed by atoms with Gasteiger partial charge in [-0.05, 0) is 25.1 Å². The van der Waals surface area contributed by atoms with Gasteiger partial charge in [0.25, 0.3) is 11.8 Å².